The smallest absolute Gasteiger partial charge is 0.264 e. The van der Waals surface area contributed by atoms with Crippen LogP contribution in [0.1, 0.15) is 13.3 Å². The Kier molecular flexibility index (Phi) is 5.84. The first-order valence-corrected chi connectivity index (χ1v) is 9.92. The first kappa shape index (κ1) is 19.7. The molecular formula is C19H17F2N3O3S. The molecular weight excluding hydrogens is 388 g/mol. The zero-order chi connectivity index (χ0) is 20.1. The highest BCUT2D eigenvalue weighted by Crippen LogP contribution is 2.23. The minimum atomic E-state index is -4.27. The van der Waals surface area contributed by atoms with Crippen LogP contribution in [0.3, 0.4) is 0 Å². The fourth-order valence-electron chi connectivity index (χ4n) is 2.36. The Hall–Kier alpha value is -3.07. The summed E-state index contributed by atoms with van der Waals surface area (Å²) in [6.45, 7) is 2.54. The number of ether oxygens (including phenoxy) is 1. The minimum Gasteiger partial charge on any atom is -0.477 e. The van der Waals surface area contributed by atoms with E-state index in [1.54, 1.807) is 24.3 Å². The van der Waals surface area contributed by atoms with Crippen LogP contribution >= 0.6 is 0 Å². The van der Waals surface area contributed by atoms with E-state index in [0.717, 1.165) is 18.6 Å². The van der Waals surface area contributed by atoms with Gasteiger partial charge >= 0.3 is 0 Å². The molecule has 0 saturated heterocycles. The van der Waals surface area contributed by atoms with Crippen molar-refractivity contribution in [1.82, 2.24) is 10.2 Å². The maximum Gasteiger partial charge on any atom is 0.264 e. The second-order valence-electron chi connectivity index (χ2n) is 5.86. The molecule has 2 aromatic carbocycles. The zero-order valence-electron chi connectivity index (χ0n) is 14.9. The van der Waals surface area contributed by atoms with Crippen LogP contribution in [-0.4, -0.2) is 25.2 Å². The van der Waals surface area contributed by atoms with Crippen LogP contribution in [0.25, 0.3) is 11.3 Å². The van der Waals surface area contributed by atoms with Crippen molar-refractivity contribution in [2.75, 3.05) is 11.3 Å². The average Bonchev–Trinajstić information content (AvgIpc) is 2.69. The van der Waals surface area contributed by atoms with Gasteiger partial charge in [0.2, 0.25) is 5.88 Å². The number of rotatable bonds is 7. The Morgan fingerprint density at radius 3 is 2.39 bits per heavy atom. The summed E-state index contributed by atoms with van der Waals surface area (Å²) in [4.78, 5) is -0.759. The molecule has 6 nitrogen and oxygen atoms in total. The van der Waals surface area contributed by atoms with Gasteiger partial charge in [0.15, 0.2) is 0 Å². The Bertz CT molecular complexity index is 1060. The van der Waals surface area contributed by atoms with E-state index in [9.17, 15) is 17.2 Å². The van der Waals surface area contributed by atoms with Crippen LogP contribution in [0.15, 0.2) is 59.5 Å². The van der Waals surface area contributed by atoms with E-state index in [2.05, 4.69) is 14.9 Å². The average molecular weight is 405 g/mol. The molecule has 0 saturated carbocycles. The zero-order valence-corrected chi connectivity index (χ0v) is 15.7. The van der Waals surface area contributed by atoms with Gasteiger partial charge in [-0.05, 0) is 42.8 Å². The van der Waals surface area contributed by atoms with Crippen LogP contribution in [0, 0.1) is 11.6 Å². The first-order chi connectivity index (χ1) is 13.4. The van der Waals surface area contributed by atoms with Gasteiger partial charge in [-0.3, -0.25) is 4.72 Å². The quantitative estimate of drug-likeness (QED) is 0.642. The monoisotopic (exact) mass is 405 g/mol. The first-order valence-electron chi connectivity index (χ1n) is 8.44. The Morgan fingerprint density at radius 1 is 1.00 bits per heavy atom. The Morgan fingerprint density at radius 2 is 1.75 bits per heavy atom. The molecule has 0 amide bonds. The Labute approximate surface area is 161 Å². The fraction of sp³-hybridized carbons (Fsp3) is 0.158. The Balaban J connectivity index is 1.76. The third-order valence-corrected chi connectivity index (χ3v) is 5.11. The van der Waals surface area contributed by atoms with Gasteiger partial charge in [0.1, 0.15) is 16.5 Å². The van der Waals surface area contributed by atoms with E-state index in [1.807, 2.05) is 6.92 Å². The SMILES string of the molecule is CCCOc1ccc(-c2ccc(NS(=O)(=O)c3cc(F)ccc3F)cc2)nn1. The van der Waals surface area contributed by atoms with Crippen molar-refractivity contribution >= 4 is 15.7 Å². The second-order valence-corrected chi connectivity index (χ2v) is 7.51. The molecule has 9 heteroatoms. The predicted octanol–water partition coefficient (Wildman–Crippen LogP) is 4.01. The van der Waals surface area contributed by atoms with Crippen molar-refractivity contribution < 1.29 is 21.9 Å². The van der Waals surface area contributed by atoms with Gasteiger partial charge in [0.25, 0.3) is 10.0 Å². The van der Waals surface area contributed by atoms with Gasteiger partial charge < -0.3 is 4.74 Å². The lowest BCUT2D eigenvalue weighted by Crippen LogP contribution is -2.14. The van der Waals surface area contributed by atoms with Crippen LogP contribution in [0.5, 0.6) is 5.88 Å². The molecule has 0 spiro atoms. The lowest BCUT2D eigenvalue weighted by atomic mass is 10.1. The number of sulfonamides is 1. The summed E-state index contributed by atoms with van der Waals surface area (Å²) in [5.41, 5.74) is 1.48. The molecule has 3 rings (SSSR count). The molecule has 1 heterocycles. The van der Waals surface area contributed by atoms with Gasteiger partial charge in [-0.2, -0.15) is 0 Å². The van der Waals surface area contributed by atoms with E-state index in [0.29, 0.717) is 29.8 Å². The number of anilines is 1. The van der Waals surface area contributed by atoms with Gasteiger partial charge in [0.05, 0.1) is 12.3 Å². The number of benzene rings is 2. The molecule has 0 fully saturated rings. The number of aromatic nitrogens is 2. The molecule has 3 aromatic rings. The number of nitrogens with one attached hydrogen (secondary N) is 1. The normalized spacial score (nSPS) is 11.2. The molecule has 28 heavy (non-hydrogen) atoms. The largest absolute Gasteiger partial charge is 0.477 e. The highest BCUT2D eigenvalue weighted by atomic mass is 32.2. The molecule has 1 aromatic heterocycles. The predicted molar refractivity (Wildman–Crippen MR) is 100 cm³/mol. The molecule has 1 N–H and O–H groups in total. The highest BCUT2D eigenvalue weighted by molar-refractivity contribution is 7.92. The molecule has 0 aliphatic rings. The van der Waals surface area contributed by atoms with Crippen molar-refractivity contribution in [1.29, 1.82) is 0 Å². The standard InChI is InChI=1S/C19H17F2N3O3S/c1-2-11-27-19-10-9-17(22-23-19)13-3-6-15(7-4-13)24-28(25,26)18-12-14(20)5-8-16(18)21/h3-10,12,24H,2,11H2,1H3. The summed E-state index contributed by atoms with van der Waals surface area (Å²) in [7, 11) is -4.27. The molecule has 146 valence electrons. The van der Waals surface area contributed by atoms with E-state index < -0.39 is 26.6 Å². The van der Waals surface area contributed by atoms with Crippen molar-refractivity contribution in [3.63, 3.8) is 0 Å². The van der Waals surface area contributed by atoms with Crippen LogP contribution in [-0.2, 0) is 10.0 Å². The van der Waals surface area contributed by atoms with Crippen molar-refractivity contribution in [3.05, 3.63) is 66.2 Å². The third-order valence-electron chi connectivity index (χ3n) is 3.71. The number of nitrogens with zero attached hydrogens (tertiary/aromatic N) is 2. The van der Waals surface area contributed by atoms with Crippen LogP contribution in [0.4, 0.5) is 14.5 Å². The molecule has 0 aliphatic heterocycles. The van der Waals surface area contributed by atoms with Crippen molar-refractivity contribution in [2.45, 2.75) is 18.2 Å². The molecule has 0 radical (unpaired) electrons. The summed E-state index contributed by atoms with van der Waals surface area (Å²) in [5, 5.41) is 8.04. The maximum atomic E-state index is 13.8. The van der Waals surface area contributed by atoms with E-state index in [-0.39, 0.29) is 5.69 Å². The van der Waals surface area contributed by atoms with Crippen LogP contribution < -0.4 is 9.46 Å². The minimum absolute atomic E-state index is 0.197. The third kappa shape index (κ3) is 4.61. The van der Waals surface area contributed by atoms with Gasteiger partial charge in [-0.1, -0.05) is 19.1 Å². The van der Waals surface area contributed by atoms with Crippen LogP contribution in [0.2, 0.25) is 0 Å². The summed E-state index contributed by atoms with van der Waals surface area (Å²) in [6.07, 6.45) is 0.861. The topological polar surface area (TPSA) is 81.2 Å². The van der Waals surface area contributed by atoms with E-state index in [4.69, 9.17) is 4.74 Å². The summed E-state index contributed by atoms with van der Waals surface area (Å²) < 4.78 is 59.2. The fourth-order valence-corrected chi connectivity index (χ4v) is 3.51. The molecule has 0 bridgehead atoms. The molecule has 0 unspecified atom stereocenters. The summed E-state index contributed by atoms with van der Waals surface area (Å²) >= 11 is 0. The number of halogens is 2. The number of hydrogen-bond acceptors (Lipinski definition) is 5. The summed E-state index contributed by atoms with van der Waals surface area (Å²) in [5.74, 6) is -1.46. The van der Waals surface area contributed by atoms with Gasteiger partial charge in [-0.15, -0.1) is 10.2 Å². The maximum absolute atomic E-state index is 13.8. The highest BCUT2D eigenvalue weighted by Gasteiger charge is 2.20. The van der Waals surface area contributed by atoms with Gasteiger partial charge in [-0.25, -0.2) is 17.2 Å². The number of hydrogen-bond donors (Lipinski definition) is 1. The lowest BCUT2D eigenvalue weighted by Gasteiger charge is -2.10. The molecule has 0 aliphatic carbocycles. The second kappa shape index (κ2) is 8.30. The lowest BCUT2D eigenvalue weighted by molar-refractivity contribution is 0.302. The van der Waals surface area contributed by atoms with E-state index >= 15 is 0 Å². The van der Waals surface area contributed by atoms with Gasteiger partial charge in [0, 0.05) is 17.3 Å². The van der Waals surface area contributed by atoms with Crippen molar-refractivity contribution in [2.24, 2.45) is 0 Å². The summed E-state index contributed by atoms with van der Waals surface area (Å²) in [6, 6.07) is 11.9. The van der Waals surface area contributed by atoms with E-state index in [1.165, 1.54) is 12.1 Å². The molecule has 0 atom stereocenters. The van der Waals surface area contributed by atoms with Crippen molar-refractivity contribution in [3.8, 4) is 17.1 Å².